The molecule has 35 heavy (non-hydrogen) atoms. The average molecular weight is 465 g/mol. The zero-order valence-corrected chi connectivity index (χ0v) is 18.8. The van der Waals surface area contributed by atoms with Crippen LogP contribution in [0.4, 0.5) is 0 Å². The maximum absolute atomic E-state index is 12.9. The lowest BCUT2D eigenvalue weighted by molar-refractivity contribution is -0.139. The van der Waals surface area contributed by atoms with Crippen LogP contribution in [0.1, 0.15) is 21.6 Å². The monoisotopic (exact) mass is 464 g/mol. The summed E-state index contributed by atoms with van der Waals surface area (Å²) in [4.78, 5) is 29.1. The van der Waals surface area contributed by atoms with Gasteiger partial charge in [-0.05, 0) is 34.9 Å². The van der Waals surface area contributed by atoms with Gasteiger partial charge >= 0.3 is 5.97 Å². The van der Waals surface area contributed by atoms with Crippen LogP contribution in [0.5, 0.6) is 0 Å². The number of pyridine rings is 1. The van der Waals surface area contributed by atoms with Crippen molar-refractivity contribution < 1.29 is 14.7 Å². The van der Waals surface area contributed by atoms with Crippen LogP contribution in [0.15, 0.2) is 97.1 Å². The molecule has 5 N–H and O–H groups in total. The van der Waals surface area contributed by atoms with Crippen molar-refractivity contribution in [1.29, 1.82) is 5.41 Å². The minimum Gasteiger partial charge on any atom is -0.480 e. The van der Waals surface area contributed by atoms with Gasteiger partial charge < -0.3 is 16.2 Å². The second-order valence-electron chi connectivity index (χ2n) is 8.03. The molecule has 4 aromatic rings. The first-order valence-corrected chi connectivity index (χ1v) is 11.0. The minimum absolute atomic E-state index is 0.0677. The van der Waals surface area contributed by atoms with Crippen LogP contribution >= 0.6 is 0 Å². The Balaban J connectivity index is 1.48. The molecule has 1 amide bonds. The summed E-state index contributed by atoms with van der Waals surface area (Å²) in [6.07, 6.45) is 0.135. The molecule has 0 aliphatic heterocycles. The van der Waals surface area contributed by atoms with Crippen LogP contribution in [0.2, 0.25) is 0 Å². The first kappa shape index (κ1) is 23.4. The number of aromatic nitrogens is 1. The number of hydrogen-bond donors (Lipinski definition) is 4. The Labute approximate surface area is 202 Å². The molecule has 0 saturated heterocycles. The number of amides is 1. The molecule has 7 nitrogen and oxygen atoms in total. The highest BCUT2D eigenvalue weighted by Gasteiger charge is 2.22. The van der Waals surface area contributed by atoms with Crippen molar-refractivity contribution in [3.05, 3.63) is 114 Å². The van der Waals surface area contributed by atoms with Gasteiger partial charge in [0.25, 0.3) is 5.91 Å². The van der Waals surface area contributed by atoms with Gasteiger partial charge in [-0.2, -0.15) is 0 Å². The third kappa shape index (κ3) is 5.78. The standard InChI is InChI=1S/C28H24N4O3/c29-26(30)22-9-4-8-21(17-22)23-10-5-11-24(31-23)27(33)32-25(28(34)35)16-18-12-14-20(15-13-18)19-6-2-1-3-7-19/h1-15,17,25H,16H2,(H3,29,30)(H,32,33)(H,34,35). The Bertz CT molecular complexity index is 1370. The van der Waals surface area contributed by atoms with Gasteiger partial charge in [0.05, 0.1) is 5.69 Å². The van der Waals surface area contributed by atoms with E-state index in [-0.39, 0.29) is 18.0 Å². The zero-order valence-electron chi connectivity index (χ0n) is 18.8. The lowest BCUT2D eigenvalue weighted by atomic mass is 10.0. The number of carboxylic acids is 1. The summed E-state index contributed by atoms with van der Waals surface area (Å²) in [6.45, 7) is 0. The van der Waals surface area contributed by atoms with E-state index in [1.165, 1.54) is 6.07 Å². The van der Waals surface area contributed by atoms with Crippen LogP contribution in [0, 0.1) is 5.41 Å². The summed E-state index contributed by atoms with van der Waals surface area (Å²) in [5.74, 6) is -1.78. The van der Waals surface area contributed by atoms with E-state index in [1.54, 1.807) is 36.4 Å². The molecule has 1 heterocycles. The first-order chi connectivity index (χ1) is 16.9. The maximum atomic E-state index is 12.9. The summed E-state index contributed by atoms with van der Waals surface area (Å²) in [5.41, 5.74) is 10.3. The summed E-state index contributed by atoms with van der Waals surface area (Å²) in [6, 6.07) is 28.3. The summed E-state index contributed by atoms with van der Waals surface area (Å²) >= 11 is 0. The van der Waals surface area contributed by atoms with E-state index in [0.29, 0.717) is 16.8 Å². The Morgan fingerprint density at radius 2 is 1.51 bits per heavy atom. The topological polar surface area (TPSA) is 129 Å². The Morgan fingerprint density at radius 3 is 2.20 bits per heavy atom. The lowest BCUT2D eigenvalue weighted by Gasteiger charge is -2.15. The fourth-order valence-corrected chi connectivity index (χ4v) is 3.70. The van der Waals surface area contributed by atoms with Gasteiger partial charge in [-0.3, -0.25) is 10.2 Å². The zero-order chi connectivity index (χ0) is 24.8. The molecule has 3 aromatic carbocycles. The molecule has 0 spiro atoms. The molecule has 174 valence electrons. The van der Waals surface area contributed by atoms with Gasteiger partial charge in [-0.1, -0.05) is 78.9 Å². The number of nitrogens with zero attached hydrogens (tertiary/aromatic N) is 1. The molecular weight excluding hydrogens is 440 g/mol. The normalized spacial score (nSPS) is 11.4. The van der Waals surface area contributed by atoms with Crippen LogP contribution < -0.4 is 11.1 Å². The quantitative estimate of drug-likeness (QED) is 0.230. The summed E-state index contributed by atoms with van der Waals surface area (Å²) in [5, 5.41) is 19.9. The Kier molecular flexibility index (Phi) is 6.97. The lowest BCUT2D eigenvalue weighted by Crippen LogP contribution is -2.42. The number of carbonyl (C=O) groups is 2. The van der Waals surface area contributed by atoms with Crippen molar-refractivity contribution >= 4 is 17.7 Å². The summed E-state index contributed by atoms with van der Waals surface area (Å²) in [7, 11) is 0. The van der Waals surface area contributed by atoms with E-state index < -0.39 is 17.9 Å². The van der Waals surface area contributed by atoms with Gasteiger partial charge in [-0.25, -0.2) is 9.78 Å². The SMILES string of the molecule is N=C(N)c1cccc(-c2cccc(C(=O)NC(Cc3ccc(-c4ccccc4)cc3)C(=O)O)n2)c1. The predicted octanol–water partition coefficient (Wildman–Crippen LogP) is 4.13. The number of rotatable bonds is 8. The number of nitrogens with two attached hydrogens (primary N) is 1. The van der Waals surface area contributed by atoms with E-state index in [1.807, 2.05) is 54.6 Å². The fourth-order valence-electron chi connectivity index (χ4n) is 3.70. The van der Waals surface area contributed by atoms with Crippen LogP contribution in [-0.4, -0.2) is 33.8 Å². The third-order valence-corrected chi connectivity index (χ3v) is 5.56. The van der Waals surface area contributed by atoms with Gasteiger partial charge in [0.1, 0.15) is 17.6 Å². The van der Waals surface area contributed by atoms with Gasteiger partial charge in [-0.15, -0.1) is 0 Å². The Morgan fingerprint density at radius 1 is 0.857 bits per heavy atom. The second-order valence-corrected chi connectivity index (χ2v) is 8.03. The number of aliphatic carboxylic acids is 1. The van der Waals surface area contributed by atoms with E-state index in [9.17, 15) is 14.7 Å². The van der Waals surface area contributed by atoms with Gasteiger partial charge in [0, 0.05) is 17.5 Å². The van der Waals surface area contributed by atoms with Crippen LogP contribution in [0.25, 0.3) is 22.4 Å². The maximum Gasteiger partial charge on any atom is 0.326 e. The molecule has 0 saturated carbocycles. The highest BCUT2D eigenvalue weighted by Crippen LogP contribution is 2.21. The fraction of sp³-hybridized carbons (Fsp3) is 0.0714. The Hall–Kier alpha value is -4.78. The van der Waals surface area contributed by atoms with Crippen molar-refractivity contribution in [2.75, 3.05) is 0 Å². The minimum atomic E-state index is -1.13. The van der Waals surface area contributed by atoms with Crippen molar-refractivity contribution in [1.82, 2.24) is 10.3 Å². The van der Waals surface area contributed by atoms with E-state index in [4.69, 9.17) is 11.1 Å². The van der Waals surface area contributed by atoms with Crippen LogP contribution in [-0.2, 0) is 11.2 Å². The average Bonchev–Trinajstić information content (AvgIpc) is 2.89. The van der Waals surface area contributed by atoms with Gasteiger partial charge in [0.2, 0.25) is 0 Å². The van der Waals surface area contributed by atoms with E-state index >= 15 is 0 Å². The molecule has 1 atom stereocenters. The molecule has 1 unspecified atom stereocenters. The van der Waals surface area contributed by atoms with Gasteiger partial charge in [0.15, 0.2) is 0 Å². The van der Waals surface area contributed by atoms with E-state index in [0.717, 1.165) is 16.7 Å². The molecule has 0 bridgehead atoms. The number of carboxylic acid groups (broad SMARTS) is 1. The molecule has 1 aromatic heterocycles. The van der Waals surface area contributed by atoms with Crippen molar-refractivity contribution in [2.45, 2.75) is 12.5 Å². The van der Waals surface area contributed by atoms with Crippen molar-refractivity contribution in [3.8, 4) is 22.4 Å². The number of nitrogen functional groups attached to an aromatic ring is 1. The number of carbonyl (C=O) groups excluding carboxylic acids is 1. The third-order valence-electron chi connectivity index (χ3n) is 5.56. The molecular formula is C28H24N4O3. The number of amidine groups is 1. The number of nitrogens with one attached hydrogen (secondary N) is 2. The van der Waals surface area contributed by atoms with Crippen molar-refractivity contribution in [2.24, 2.45) is 5.73 Å². The number of hydrogen-bond acceptors (Lipinski definition) is 4. The highest BCUT2D eigenvalue weighted by atomic mass is 16.4. The highest BCUT2D eigenvalue weighted by molar-refractivity contribution is 5.97. The number of benzene rings is 3. The summed E-state index contributed by atoms with van der Waals surface area (Å²) < 4.78 is 0. The molecule has 0 radical (unpaired) electrons. The smallest absolute Gasteiger partial charge is 0.326 e. The first-order valence-electron chi connectivity index (χ1n) is 11.0. The largest absolute Gasteiger partial charge is 0.480 e. The van der Waals surface area contributed by atoms with Crippen LogP contribution in [0.3, 0.4) is 0 Å². The molecule has 0 aliphatic rings. The molecule has 4 rings (SSSR count). The molecule has 7 heteroatoms. The molecule has 0 aliphatic carbocycles. The predicted molar refractivity (Wildman–Crippen MR) is 135 cm³/mol. The van der Waals surface area contributed by atoms with Crippen molar-refractivity contribution in [3.63, 3.8) is 0 Å². The molecule has 0 fully saturated rings. The second kappa shape index (κ2) is 10.4. The van der Waals surface area contributed by atoms with E-state index in [2.05, 4.69) is 10.3 Å².